The molecular formula is C18H22BrN3S. The van der Waals surface area contributed by atoms with Crippen molar-refractivity contribution in [2.75, 3.05) is 11.4 Å². The number of anilines is 1. The number of nitrogens with one attached hydrogen (secondary N) is 1. The fraction of sp³-hybridized carbons (Fsp3) is 0.389. The van der Waals surface area contributed by atoms with Gasteiger partial charge in [-0.3, -0.25) is 4.99 Å². The molecule has 0 saturated carbocycles. The van der Waals surface area contributed by atoms with Crippen molar-refractivity contribution in [3.8, 4) is 0 Å². The molecule has 0 aliphatic carbocycles. The maximum absolute atomic E-state index is 4.58. The van der Waals surface area contributed by atoms with Gasteiger partial charge in [-0.05, 0) is 36.6 Å². The standard InChI is InChI=1S/C18H22BrN3S/c1-12-15(17-21-10-16(23-17)18(2,3)4)9-20-11-22(12)14-7-5-13(19)6-8-14/h5-8,10-11,17,21H,9H2,1-4H3. The van der Waals surface area contributed by atoms with E-state index in [1.165, 1.54) is 16.2 Å². The van der Waals surface area contributed by atoms with Gasteiger partial charge in [-0.25, -0.2) is 0 Å². The second-order valence-electron chi connectivity index (χ2n) is 6.84. The molecule has 23 heavy (non-hydrogen) atoms. The lowest BCUT2D eigenvalue weighted by Crippen LogP contribution is -2.31. The predicted octanol–water partition coefficient (Wildman–Crippen LogP) is 5.12. The van der Waals surface area contributed by atoms with Crippen molar-refractivity contribution in [3.05, 3.63) is 51.1 Å². The van der Waals surface area contributed by atoms with Gasteiger partial charge in [0.25, 0.3) is 0 Å². The van der Waals surface area contributed by atoms with Crippen LogP contribution in [0.5, 0.6) is 0 Å². The third-order valence-corrected chi connectivity index (χ3v) is 6.23. The predicted molar refractivity (Wildman–Crippen MR) is 105 cm³/mol. The first-order valence-electron chi connectivity index (χ1n) is 7.74. The maximum Gasteiger partial charge on any atom is 0.102 e. The number of nitrogens with zero attached hydrogens (tertiary/aromatic N) is 2. The topological polar surface area (TPSA) is 27.6 Å². The molecule has 2 heterocycles. The Labute approximate surface area is 151 Å². The van der Waals surface area contributed by atoms with E-state index in [-0.39, 0.29) is 10.8 Å². The molecule has 0 spiro atoms. The zero-order valence-electron chi connectivity index (χ0n) is 13.9. The summed E-state index contributed by atoms with van der Waals surface area (Å²) >= 11 is 5.40. The van der Waals surface area contributed by atoms with E-state index in [1.54, 1.807) is 0 Å². The number of allylic oxidation sites excluding steroid dienone is 2. The molecule has 2 aliphatic rings. The molecule has 3 nitrogen and oxygen atoms in total. The summed E-state index contributed by atoms with van der Waals surface area (Å²) in [6.45, 7) is 9.70. The molecule has 2 aliphatic heterocycles. The highest BCUT2D eigenvalue weighted by Crippen LogP contribution is 2.42. The average Bonchev–Trinajstić information content (AvgIpc) is 2.98. The van der Waals surface area contributed by atoms with E-state index in [1.807, 2.05) is 18.1 Å². The van der Waals surface area contributed by atoms with Gasteiger partial charge in [0.15, 0.2) is 0 Å². The van der Waals surface area contributed by atoms with Crippen molar-refractivity contribution in [3.63, 3.8) is 0 Å². The Morgan fingerprint density at radius 2 is 1.96 bits per heavy atom. The Hall–Kier alpha value is -1.20. The molecule has 1 atom stereocenters. The summed E-state index contributed by atoms with van der Waals surface area (Å²) in [6.07, 6.45) is 4.09. The lowest BCUT2D eigenvalue weighted by molar-refractivity contribution is 0.532. The normalized spacial score (nSPS) is 21.5. The number of hydrogen-bond donors (Lipinski definition) is 1. The fourth-order valence-electron chi connectivity index (χ4n) is 2.62. The molecule has 0 amide bonds. The number of rotatable bonds is 2. The Morgan fingerprint density at radius 1 is 1.26 bits per heavy atom. The fourth-order valence-corrected chi connectivity index (χ4v) is 4.15. The monoisotopic (exact) mass is 391 g/mol. The quantitative estimate of drug-likeness (QED) is 0.757. The lowest BCUT2D eigenvalue weighted by atomic mass is 9.97. The lowest BCUT2D eigenvalue weighted by Gasteiger charge is -2.29. The van der Waals surface area contributed by atoms with Crippen molar-refractivity contribution in [1.29, 1.82) is 0 Å². The highest BCUT2D eigenvalue weighted by Gasteiger charge is 2.30. The first kappa shape index (κ1) is 16.7. The zero-order valence-corrected chi connectivity index (χ0v) is 16.3. The summed E-state index contributed by atoms with van der Waals surface area (Å²) < 4.78 is 1.09. The minimum absolute atomic E-state index is 0.185. The van der Waals surface area contributed by atoms with E-state index >= 15 is 0 Å². The van der Waals surface area contributed by atoms with Crippen LogP contribution in [0.3, 0.4) is 0 Å². The van der Waals surface area contributed by atoms with Gasteiger partial charge in [-0.1, -0.05) is 48.5 Å². The van der Waals surface area contributed by atoms with Crippen LogP contribution in [0.1, 0.15) is 27.7 Å². The van der Waals surface area contributed by atoms with E-state index < -0.39 is 0 Å². The van der Waals surface area contributed by atoms with Gasteiger partial charge < -0.3 is 10.2 Å². The van der Waals surface area contributed by atoms with Gasteiger partial charge in [0, 0.05) is 32.5 Å². The average molecular weight is 392 g/mol. The van der Waals surface area contributed by atoms with Crippen LogP contribution in [0.25, 0.3) is 0 Å². The minimum Gasteiger partial charge on any atom is -0.375 e. The van der Waals surface area contributed by atoms with Crippen LogP contribution in [-0.2, 0) is 0 Å². The van der Waals surface area contributed by atoms with E-state index in [4.69, 9.17) is 0 Å². The largest absolute Gasteiger partial charge is 0.375 e. The molecule has 0 saturated heterocycles. The van der Waals surface area contributed by atoms with Gasteiger partial charge in [0.2, 0.25) is 0 Å². The summed E-state index contributed by atoms with van der Waals surface area (Å²) in [4.78, 5) is 8.14. The van der Waals surface area contributed by atoms with Crippen LogP contribution in [0, 0.1) is 5.41 Å². The Kier molecular flexibility index (Phi) is 4.61. The van der Waals surface area contributed by atoms with Gasteiger partial charge >= 0.3 is 0 Å². The van der Waals surface area contributed by atoms with E-state index in [0.29, 0.717) is 0 Å². The SMILES string of the molecule is CC1=C(C2NC=C(C(C)(C)C)S2)CN=CN1c1ccc(Br)cc1. The molecule has 3 rings (SSSR count). The highest BCUT2D eigenvalue weighted by molar-refractivity contribution is 9.10. The molecule has 0 bridgehead atoms. The van der Waals surface area contributed by atoms with E-state index in [9.17, 15) is 0 Å². The Balaban J connectivity index is 1.83. The number of benzene rings is 1. The molecule has 0 radical (unpaired) electrons. The van der Waals surface area contributed by atoms with Crippen LogP contribution in [-0.4, -0.2) is 18.3 Å². The van der Waals surface area contributed by atoms with Crippen molar-refractivity contribution < 1.29 is 0 Å². The van der Waals surface area contributed by atoms with Crippen LogP contribution in [0.2, 0.25) is 0 Å². The maximum atomic E-state index is 4.58. The number of hydrogen-bond acceptors (Lipinski definition) is 4. The van der Waals surface area contributed by atoms with E-state index in [0.717, 1.165) is 16.7 Å². The summed E-state index contributed by atoms with van der Waals surface area (Å²) in [7, 11) is 0. The summed E-state index contributed by atoms with van der Waals surface area (Å²) in [5, 5.41) is 3.81. The smallest absolute Gasteiger partial charge is 0.102 e. The van der Waals surface area contributed by atoms with E-state index in [2.05, 4.69) is 89.3 Å². The number of halogens is 1. The molecule has 5 heteroatoms. The van der Waals surface area contributed by atoms with Crippen molar-refractivity contribution in [1.82, 2.24) is 5.32 Å². The molecule has 0 fully saturated rings. The molecule has 0 aromatic heterocycles. The van der Waals surface area contributed by atoms with Crippen molar-refractivity contribution in [2.45, 2.75) is 33.1 Å². The molecule has 122 valence electrons. The first-order chi connectivity index (χ1) is 10.9. The minimum atomic E-state index is 0.185. The third kappa shape index (κ3) is 3.50. The number of thioether (sulfide) groups is 1. The Morgan fingerprint density at radius 3 is 2.57 bits per heavy atom. The second kappa shape index (κ2) is 6.36. The van der Waals surface area contributed by atoms with Crippen LogP contribution in [0.4, 0.5) is 5.69 Å². The summed E-state index contributed by atoms with van der Waals surface area (Å²) in [5.41, 5.74) is 3.93. The molecular weight excluding hydrogens is 370 g/mol. The summed E-state index contributed by atoms with van der Waals surface area (Å²) in [5.74, 6) is 0. The van der Waals surface area contributed by atoms with Crippen LogP contribution in [0.15, 0.2) is 56.1 Å². The van der Waals surface area contributed by atoms with Gasteiger partial charge in [-0.2, -0.15) is 0 Å². The Bertz CT molecular complexity index is 683. The molecule has 1 unspecified atom stereocenters. The van der Waals surface area contributed by atoms with Gasteiger partial charge in [-0.15, -0.1) is 0 Å². The second-order valence-corrected chi connectivity index (χ2v) is 8.90. The third-order valence-electron chi connectivity index (χ3n) is 4.06. The number of aliphatic imine (C=N–C) groups is 1. The van der Waals surface area contributed by atoms with Crippen LogP contribution >= 0.6 is 27.7 Å². The molecule has 1 aromatic carbocycles. The van der Waals surface area contributed by atoms with Gasteiger partial charge in [0.05, 0.1) is 12.9 Å². The van der Waals surface area contributed by atoms with Gasteiger partial charge in [0.1, 0.15) is 5.37 Å². The highest BCUT2D eigenvalue weighted by atomic mass is 79.9. The van der Waals surface area contributed by atoms with Crippen molar-refractivity contribution >= 4 is 39.7 Å². The zero-order chi connectivity index (χ0) is 16.6. The molecule has 1 N–H and O–H groups in total. The summed E-state index contributed by atoms with van der Waals surface area (Å²) in [6, 6.07) is 8.34. The van der Waals surface area contributed by atoms with Crippen LogP contribution < -0.4 is 10.2 Å². The molecule has 1 aromatic rings. The first-order valence-corrected chi connectivity index (χ1v) is 9.41. The van der Waals surface area contributed by atoms with Crippen molar-refractivity contribution in [2.24, 2.45) is 10.4 Å².